The number of carbonyl (C=O) groups is 1. The lowest BCUT2D eigenvalue weighted by Gasteiger charge is -2.12. The Morgan fingerprint density at radius 3 is 2.48 bits per heavy atom. The average Bonchev–Trinajstić information content (AvgIpc) is 2.65. The molecule has 0 amide bonds. The summed E-state index contributed by atoms with van der Waals surface area (Å²) in [6.07, 6.45) is 0. The third-order valence-electron chi connectivity index (χ3n) is 4.23. The molecule has 0 fully saturated rings. The molecule has 138 valence electrons. The van der Waals surface area contributed by atoms with Gasteiger partial charge in [-0.25, -0.2) is 9.78 Å². The molecule has 1 aromatic heterocycles. The van der Waals surface area contributed by atoms with Crippen molar-refractivity contribution in [3.8, 4) is 22.8 Å². The molecule has 0 aliphatic heterocycles. The van der Waals surface area contributed by atoms with Crippen LogP contribution in [-0.4, -0.2) is 35.2 Å². The van der Waals surface area contributed by atoms with Gasteiger partial charge in [0.1, 0.15) is 11.5 Å². The van der Waals surface area contributed by atoms with Crippen molar-refractivity contribution in [3.05, 3.63) is 57.6 Å². The number of aromatic nitrogens is 1. The molecule has 0 atom stereocenters. The van der Waals surface area contributed by atoms with Gasteiger partial charge in [-0.05, 0) is 13.0 Å². The number of rotatable bonds is 5. The highest BCUT2D eigenvalue weighted by molar-refractivity contribution is 6.06. The van der Waals surface area contributed by atoms with E-state index < -0.39 is 10.9 Å². The Morgan fingerprint density at radius 1 is 1.15 bits per heavy atom. The van der Waals surface area contributed by atoms with E-state index in [1.807, 2.05) is 0 Å². The number of nitrogens with zero attached hydrogens (tertiary/aromatic N) is 2. The van der Waals surface area contributed by atoms with Crippen LogP contribution in [0.4, 0.5) is 5.69 Å². The van der Waals surface area contributed by atoms with Crippen molar-refractivity contribution in [1.29, 1.82) is 0 Å². The maximum Gasteiger partial charge on any atom is 0.336 e. The lowest BCUT2D eigenvalue weighted by molar-refractivity contribution is -0.385. The minimum Gasteiger partial charge on any atom is -0.497 e. The van der Waals surface area contributed by atoms with Crippen LogP contribution in [0.25, 0.3) is 22.2 Å². The average molecular weight is 368 g/mol. The summed E-state index contributed by atoms with van der Waals surface area (Å²) in [4.78, 5) is 27.1. The van der Waals surface area contributed by atoms with Gasteiger partial charge in [0.15, 0.2) is 0 Å². The second-order valence-electron chi connectivity index (χ2n) is 5.84. The van der Waals surface area contributed by atoms with Crippen LogP contribution in [0.3, 0.4) is 0 Å². The minimum absolute atomic E-state index is 0.0160. The molecule has 0 spiro atoms. The van der Waals surface area contributed by atoms with Gasteiger partial charge in [0.05, 0.1) is 41.3 Å². The number of ether oxygens (including phenoxy) is 2. The molecule has 8 nitrogen and oxygen atoms in total. The fourth-order valence-electron chi connectivity index (χ4n) is 2.87. The monoisotopic (exact) mass is 368 g/mol. The van der Waals surface area contributed by atoms with Crippen molar-refractivity contribution in [2.24, 2.45) is 0 Å². The van der Waals surface area contributed by atoms with E-state index in [1.54, 1.807) is 31.2 Å². The molecule has 8 heteroatoms. The van der Waals surface area contributed by atoms with Crippen molar-refractivity contribution < 1.29 is 24.3 Å². The number of nitro groups is 1. The number of carboxylic acids is 1. The lowest BCUT2D eigenvalue weighted by atomic mass is 10.0. The largest absolute Gasteiger partial charge is 0.497 e. The first-order valence-corrected chi connectivity index (χ1v) is 7.91. The smallest absolute Gasteiger partial charge is 0.336 e. The fraction of sp³-hybridized carbons (Fsp3) is 0.158. The van der Waals surface area contributed by atoms with E-state index in [4.69, 9.17) is 9.47 Å². The van der Waals surface area contributed by atoms with Gasteiger partial charge < -0.3 is 14.6 Å². The zero-order valence-corrected chi connectivity index (χ0v) is 14.8. The summed E-state index contributed by atoms with van der Waals surface area (Å²) in [5, 5.41) is 21.2. The van der Waals surface area contributed by atoms with Crippen molar-refractivity contribution in [1.82, 2.24) is 4.98 Å². The summed E-state index contributed by atoms with van der Waals surface area (Å²) in [5.74, 6) is -0.389. The van der Waals surface area contributed by atoms with Gasteiger partial charge in [0, 0.05) is 29.3 Å². The van der Waals surface area contributed by atoms with Crippen molar-refractivity contribution in [2.45, 2.75) is 6.92 Å². The molecule has 0 bridgehead atoms. The third kappa shape index (κ3) is 3.24. The van der Waals surface area contributed by atoms with Crippen molar-refractivity contribution in [2.75, 3.05) is 14.2 Å². The number of nitro benzene ring substituents is 1. The molecule has 3 rings (SSSR count). The van der Waals surface area contributed by atoms with E-state index in [0.717, 1.165) is 0 Å². The SMILES string of the molecule is COc1cc(OC)c2c(C(=O)O)cc(-c3ccc(C)c([N+](=O)[O-])c3)nc2c1. The van der Waals surface area contributed by atoms with Crippen LogP contribution in [0.5, 0.6) is 11.5 Å². The van der Waals surface area contributed by atoms with Gasteiger partial charge in [-0.3, -0.25) is 10.1 Å². The van der Waals surface area contributed by atoms with Gasteiger partial charge in [0.2, 0.25) is 0 Å². The van der Waals surface area contributed by atoms with Crippen LogP contribution in [0.15, 0.2) is 36.4 Å². The van der Waals surface area contributed by atoms with Crippen LogP contribution in [-0.2, 0) is 0 Å². The fourth-order valence-corrected chi connectivity index (χ4v) is 2.87. The molecule has 0 saturated carbocycles. The number of carboxylic acid groups (broad SMARTS) is 1. The molecular formula is C19H16N2O6. The number of pyridine rings is 1. The lowest BCUT2D eigenvalue weighted by Crippen LogP contribution is -2.03. The minimum atomic E-state index is -1.16. The highest BCUT2D eigenvalue weighted by atomic mass is 16.6. The Balaban J connectivity index is 2.34. The zero-order valence-electron chi connectivity index (χ0n) is 14.8. The second kappa shape index (κ2) is 6.91. The van der Waals surface area contributed by atoms with Crippen LogP contribution in [0.2, 0.25) is 0 Å². The summed E-state index contributed by atoms with van der Waals surface area (Å²) in [7, 11) is 2.91. The van der Waals surface area contributed by atoms with Gasteiger partial charge in [-0.15, -0.1) is 0 Å². The van der Waals surface area contributed by atoms with E-state index in [1.165, 1.54) is 26.4 Å². The number of fused-ring (bicyclic) bond motifs is 1. The Kier molecular flexibility index (Phi) is 4.64. The van der Waals surface area contributed by atoms with Gasteiger partial charge >= 0.3 is 5.97 Å². The van der Waals surface area contributed by atoms with E-state index in [9.17, 15) is 20.0 Å². The molecule has 3 aromatic rings. The number of aryl methyl sites for hydroxylation is 1. The van der Waals surface area contributed by atoms with Gasteiger partial charge in [-0.2, -0.15) is 0 Å². The highest BCUT2D eigenvalue weighted by Crippen LogP contribution is 2.35. The van der Waals surface area contributed by atoms with Crippen molar-refractivity contribution in [3.63, 3.8) is 0 Å². The summed E-state index contributed by atoms with van der Waals surface area (Å²) in [6.45, 7) is 1.63. The van der Waals surface area contributed by atoms with Gasteiger partial charge in [-0.1, -0.05) is 12.1 Å². The normalized spacial score (nSPS) is 10.6. The Bertz CT molecular complexity index is 1080. The number of aromatic carboxylic acids is 1. The van der Waals surface area contributed by atoms with E-state index in [0.29, 0.717) is 39.2 Å². The van der Waals surface area contributed by atoms with E-state index in [-0.39, 0.29) is 11.3 Å². The topological polar surface area (TPSA) is 112 Å². The van der Waals surface area contributed by atoms with Crippen LogP contribution in [0.1, 0.15) is 15.9 Å². The van der Waals surface area contributed by atoms with Crippen molar-refractivity contribution >= 4 is 22.6 Å². The Hall–Kier alpha value is -3.68. The quantitative estimate of drug-likeness (QED) is 0.538. The molecule has 0 aliphatic carbocycles. The predicted octanol–water partition coefficient (Wildman–Crippen LogP) is 3.83. The summed E-state index contributed by atoms with van der Waals surface area (Å²) < 4.78 is 10.5. The first-order valence-electron chi connectivity index (χ1n) is 7.91. The Morgan fingerprint density at radius 2 is 1.89 bits per heavy atom. The third-order valence-corrected chi connectivity index (χ3v) is 4.23. The van der Waals surface area contributed by atoms with Gasteiger partial charge in [0.25, 0.3) is 5.69 Å². The molecule has 0 unspecified atom stereocenters. The molecule has 0 aliphatic rings. The van der Waals surface area contributed by atoms with E-state index in [2.05, 4.69) is 4.98 Å². The summed E-state index contributed by atoms with van der Waals surface area (Å²) in [6, 6.07) is 9.20. The Labute approximate surface area is 154 Å². The maximum atomic E-state index is 11.8. The van der Waals surface area contributed by atoms with Crippen LogP contribution in [0, 0.1) is 17.0 Å². The standard InChI is InChI=1S/C19H16N2O6/c1-10-4-5-11(6-16(10)21(24)25)14-9-13(19(22)23)18-15(20-14)7-12(26-2)8-17(18)27-3/h4-9H,1-3H3,(H,22,23). The van der Waals surface area contributed by atoms with Crippen LogP contribution < -0.4 is 9.47 Å². The van der Waals surface area contributed by atoms with E-state index >= 15 is 0 Å². The molecule has 27 heavy (non-hydrogen) atoms. The molecule has 2 aromatic carbocycles. The molecule has 1 heterocycles. The number of benzene rings is 2. The molecule has 0 radical (unpaired) electrons. The summed E-state index contributed by atoms with van der Waals surface area (Å²) >= 11 is 0. The summed E-state index contributed by atoms with van der Waals surface area (Å²) in [5.41, 5.74) is 1.53. The zero-order chi connectivity index (χ0) is 19.7. The number of methoxy groups -OCH3 is 2. The predicted molar refractivity (Wildman–Crippen MR) is 98.6 cm³/mol. The first kappa shape index (κ1) is 18.1. The molecular weight excluding hydrogens is 352 g/mol. The maximum absolute atomic E-state index is 11.8. The first-order chi connectivity index (χ1) is 12.8. The number of hydrogen-bond donors (Lipinski definition) is 1. The molecule has 1 N–H and O–H groups in total. The second-order valence-corrected chi connectivity index (χ2v) is 5.84. The molecule has 0 saturated heterocycles. The number of hydrogen-bond acceptors (Lipinski definition) is 6. The van der Waals surface area contributed by atoms with Crippen LogP contribution >= 0.6 is 0 Å². The highest BCUT2D eigenvalue weighted by Gasteiger charge is 2.19.